The standard InChI is InChI=1S/C21H29N3O2S2/c1-16-15-27-21(22-16)24-13-9-18(10-14-24)17-7-11-23(12-8-17)19-3-5-20(6-4-19)28(2,25)26/h3-6,15,17-18H,7-14H2,1-2H3. The van der Waals surface area contributed by atoms with Crippen molar-refractivity contribution in [1.82, 2.24) is 4.98 Å². The molecule has 152 valence electrons. The molecule has 5 nitrogen and oxygen atoms in total. The lowest BCUT2D eigenvalue weighted by Crippen LogP contribution is -2.40. The van der Waals surface area contributed by atoms with E-state index in [0.29, 0.717) is 4.90 Å². The topological polar surface area (TPSA) is 53.5 Å². The minimum absolute atomic E-state index is 0.397. The van der Waals surface area contributed by atoms with Gasteiger partial charge in [-0.1, -0.05) is 0 Å². The van der Waals surface area contributed by atoms with Crippen LogP contribution in [0.25, 0.3) is 0 Å². The number of anilines is 2. The molecular formula is C21H29N3O2S2. The van der Waals surface area contributed by atoms with Gasteiger partial charge in [-0.2, -0.15) is 0 Å². The summed E-state index contributed by atoms with van der Waals surface area (Å²) < 4.78 is 23.3. The molecule has 0 unspecified atom stereocenters. The second kappa shape index (κ2) is 8.03. The summed E-state index contributed by atoms with van der Waals surface area (Å²) in [5.74, 6) is 1.64. The fraction of sp³-hybridized carbons (Fsp3) is 0.571. The molecule has 0 spiro atoms. The Morgan fingerprint density at radius 2 is 1.46 bits per heavy atom. The molecule has 2 aromatic rings. The van der Waals surface area contributed by atoms with Gasteiger partial charge in [0.1, 0.15) is 0 Å². The lowest BCUT2D eigenvalue weighted by atomic mass is 9.79. The average Bonchev–Trinajstić information content (AvgIpc) is 3.14. The first kappa shape index (κ1) is 19.7. The van der Waals surface area contributed by atoms with Gasteiger partial charge in [-0.3, -0.25) is 0 Å². The van der Waals surface area contributed by atoms with E-state index in [9.17, 15) is 8.42 Å². The van der Waals surface area contributed by atoms with Gasteiger partial charge in [-0.25, -0.2) is 13.4 Å². The van der Waals surface area contributed by atoms with Gasteiger partial charge in [-0.15, -0.1) is 11.3 Å². The van der Waals surface area contributed by atoms with E-state index in [1.165, 1.54) is 37.1 Å². The van der Waals surface area contributed by atoms with Gasteiger partial charge < -0.3 is 9.80 Å². The number of nitrogens with zero attached hydrogens (tertiary/aromatic N) is 3. The number of piperidine rings is 2. The van der Waals surface area contributed by atoms with Crippen LogP contribution in [-0.2, 0) is 9.84 Å². The molecule has 1 aromatic carbocycles. The summed E-state index contributed by atoms with van der Waals surface area (Å²) in [5.41, 5.74) is 2.26. The summed E-state index contributed by atoms with van der Waals surface area (Å²) in [4.78, 5) is 9.88. The van der Waals surface area contributed by atoms with Crippen LogP contribution >= 0.6 is 11.3 Å². The van der Waals surface area contributed by atoms with Gasteiger partial charge in [0.05, 0.1) is 10.6 Å². The molecular weight excluding hydrogens is 390 g/mol. The Morgan fingerprint density at radius 3 is 1.93 bits per heavy atom. The molecule has 3 heterocycles. The Morgan fingerprint density at radius 1 is 0.929 bits per heavy atom. The third-order valence-electron chi connectivity index (χ3n) is 6.25. The Balaban J connectivity index is 1.29. The van der Waals surface area contributed by atoms with Crippen LogP contribution in [0, 0.1) is 18.8 Å². The molecule has 0 aliphatic carbocycles. The number of rotatable bonds is 4. The molecule has 28 heavy (non-hydrogen) atoms. The predicted octanol–water partition coefficient (Wildman–Crippen LogP) is 3.99. The van der Waals surface area contributed by atoms with E-state index in [0.717, 1.165) is 49.4 Å². The van der Waals surface area contributed by atoms with Crippen LogP contribution in [0.5, 0.6) is 0 Å². The van der Waals surface area contributed by atoms with Crippen LogP contribution in [0.2, 0.25) is 0 Å². The van der Waals surface area contributed by atoms with Crippen LogP contribution in [0.4, 0.5) is 10.8 Å². The maximum Gasteiger partial charge on any atom is 0.185 e. The number of benzene rings is 1. The number of sulfone groups is 1. The van der Waals surface area contributed by atoms with Gasteiger partial charge in [0.15, 0.2) is 15.0 Å². The third-order valence-corrected chi connectivity index (χ3v) is 8.40. The summed E-state index contributed by atoms with van der Waals surface area (Å²) in [6.07, 6.45) is 6.26. The quantitative estimate of drug-likeness (QED) is 0.750. The minimum atomic E-state index is -3.12. The van der Waals surface area contributed by atoms with Crippen LogP contribution in [0.15, 0.2) is 34.5 Å². The second-order valence-corrected chi connectivity index (χ2v) is 11.0. The van der Waals surface area contributed by atoms with Gasteiger partial charge >= 0.3 is 0 Å². The van der Waals surface area contributed by atoms with Crippen LogP contribution < -0.4 is 9.80 Å². The maximum absolute atomic E-state index is 11.6. The first-order chi connectivity index (χ1) is 13.4. The van der Waals surface area contributed by atoms with Crippen molar-refractivity contribution in [2.75, 3.05) is 42.2 Å². The molecule has 0 atom stereocenters. The third kappa shape index (κ3) is 4.35. The van der Waals surface area contributed by atoms with E-state index in [1.54, 1.807) is 23.5 Å². The number of aromatic nitrogens is 1. The average molecular weight is 420 g/mol. The summed E-state index contributed by atoms with van der Waals surface area (Å²) in [5, 5.41) is 3.32. The largest absolute Gasteiger partial charge is 0.372 e. The van der Waals surface area contributed by atoms with Crippen LogP contribution in [0.1, 0.15) is 31.4 Å². The number of aryl methyl sites for hydroxylation is 1. The van der Waals surface area contributed by atoms with Crippen molar-refractivity contribution in [3.63, 3.8) is 0 Å². The van der Waals surface area contributed by atoms with E-state index >= 15 is 0 Å². The molecule has 0 saturated carbocycles. The van der Waals surface area contributed by atoms with Crippen molar-refractivity contribution < 1.29 is 8.42 Å². The molecule has 0 radical (unpaired) electrons. The van der Waals surface area contributed by atoms with Crippen molar-refractivity contribution in [1.29, 1.82) is 0 Å². The van der Waals surface area contributed by atoms with E-state index in [4.69, 9.17) is 0 Å². The Bertz CT molecular complexity index is 892. The highest BCUT2D eigenvalue weighted by molar-refractivity contribution is 7.90. The number of thiazole rings is 1. The second-order valence-electron chi connectivity index (χ2n) is 8.19. The van der Waals surface area contributed by atoms with E-state index < -0.39 is 9.84 Å². The molecule has 2 aliphatic heterocycles. The van der Waals surface area contributed by atoms with Crippen molar-refractivity contribution >= 4 is 32.0 Å². The van der Waals surface area contributed by atoms with Gasteiger partial charge in [0, 0.05) is 43.5 Å². The fourth-order valence-corrected chi connectivity index (χ4v) is 6.07. The zero-order valence-corrected chi connectivity index (χ0v) is 18.3. The van der Waals surface area contributed by atoms with Crippen molar-refractivity contribution in [3.05, 3.63) is 35.3 Å². The predicted molar refractivity (Wildman–Crippen MR) is 116 cm³/mol. The van der Waals surface area contributed by atoms with Crippen molar-refractivity contribution in [2.24, 2.45) is 11.8 Å². The summed E-state index contributed by atoms with van der Waals surface area (Å²) in [6.45, 7) is 6.45. The summed E-state index contributed by atoms with van der Waals surface area (Å²) >= 11 is 1.76. The molecule has 0 amide bonds. The molecule has 0 N–H and O–H groups in total. The molecule has 0 bridgehead atoms. The van der Waals surface area contributed by atoms with E-state index in [1.807, 2.05) is 12.1 Å². The Kier molecular flexibility index (Phi) is 5.65. The molecule has 7 heteroatoms. The monoisotopic (exact) mass is 419 g/mol. The molecule has 2 fully saturated rings. The van der Waals surface area contributed by atoms with E-state index in [-0.39, 0.29) is 0 Å². The number of hydrogen-bond acceptors (Lipinski definition) is 6. The smallest absolute Gasteiger partial charge is 0.185 e. The maximum atomic E-state index is 11.6. The highest BCUT2D eigenvalue weighted by Crippen LogP contribution is 2.35. The fourth-order valence-electron chi connectivity index (χ4n) is 4.58. The first-order valence-corrected chi connectivity index (χ1v) is 12.9. The van der Waals surface area contributed by atoms with Crippen LogP contribution in [-0.4, -0.2) is 45.8 Å². The van der Waals surface area contributed by atoms with Gasteiger partial charge in [0.2, 0.25) is 0 Å². The van der Waals surface area contributed by atoms with Gasteiger partial charge in [-0.05, 0) is 68.7 Å². The molecule has 2 saturated heterocycles. The summed E-state index contributed by atoms with van der Waals surface area (Å²) in [6, 6.07) is 7.36. The lowest BCUT2D eigenvalue weighted by molar-refractivity contribution is 0.233. The zero-order valence-electron chi connectivity index (χ0n) is 16.7. The Labute approximate surface area is 172 Å². The Hall–Kier alpha value is -1.60. The first-order valence-electron chi connectivity index (χ1n) is 10.1. The highest BCUT2D eigenvalue weighted by atomic mass is 32.2. The molecule has 2 aliphatic rings. The lowest BCUT2D eigenvalue weighted by Gasteiger charge is -2.40. The number of hydrogen-bond donors (Lipinski definition) is 0. The summed E-state index contributed by atoms with van der Waals surface area (Å²) in [7, 11) is -3.12. The zero-order chi connectivity index (χ0) is 19.7. The molecule has 1 aromatic heterocycles. The van der Waals surface area contributed by atoms with Crippen LogP contribution in [0.3, 0.4) is 0 Å². The highest BCUT2D eigenvalue weighted by Gasteiger charge is 2.30. The van der Waals surface area contributed by atoms with Crippen molar-refractivity contribution in [3.8, 4) is 0 Å². The SMILES string of the molecule is Cc1csc(N2CCC(C3CCN(c4ccc(S(C)(=O)=O)cc4)CC3)CC2)n1. The normalized spacial score (nSPS) is 19.9. The van der Waals surface area contributed by atoms with Crippen molar-refractivity contribution in [2.45, 2.75) is 37.5 Å². The minimum Gasteiger partial charge on any atom is -0.372 e. The molecule has 4 rings (SSSR count). The van der Waals surface area contributed by atoms with Gasteiger partial charge in [0.25, 0.3) is 0 Å². The van der Waals surface area contributed by atoms with E-state index in [2.05, 4.69) is 27.1 Å².